The van der Waals surface area contributed by atoms with Crippen LogP contribution in [0.4, 0.5) is 14.5 Å². The van der Waals surface area contributed by atoms with E-state index in [9.17, 15) is 22.0 Å². The van der Waals surface area contributed by atoms with Crippen molar-refractivity contribution in [2.75, 3.05) is 11.6 Å². The summed E-state index contributed by atoms with van der Waals surface area (Å²) in [6, 6.07) is 9.25. The fourth-order valence-corrected chi connectivity index (χ4v) is 3.77. The third-order valence-electron chi connectivity index (χ3n) is 3.86. The number of aromatic nitrogens is 2. The van der Waals surface area contributed by atoms with Gasteiger partial charge in [-0.15, -0.1) is 0 Å². The lowest BCUT2D eigenvalue weighted by Gasteiger charge is -2.10. The predicted molar refractivity (Wildman–Crippen MR) is 97.9 cm³/mol. The molecule has 1 amide bonds. The second kappa shape index (κ2) is 7.24. The standard InChI is InChI=1S/C17H14ClF2N3O3S/c1-27(25,26)15-8-11(7-14-12(15)9-21-23(14)17(19)20)22-16(24)6-10-4-2-3-5-13(10)18/h2-5,7-9,17H,6H2,1H3,(H,22,24). The van der Waals surface area contributed by atoms with Crippen LogP contribution in [0.1, 0.15) is 12.1 Å². The minimum Gasteiger partial charge on any atom is -0.326 e. The first kappa shape index (κ1) is 19.2. The van der Waals surface area contributed by atoms with Gasteiger partial charge in [0.05, 0.1) is 23.0 Å². The molecule has 0 fully saturated rings. The molecule has 0 aliphatic heterocycles. The van der Waals surface area contributed by atoms with Crippen molar-refractivity contribution >= 4 is 43.9 Å². The molecule has 3 rings (SSSR count). The van der Waals surface area contributed by atoms with Gasteiger partial charge < -0.3 is 5.32 Å². The Morgan fingerprint density at radius 1 is 1.30 bits per heavy atom. The summed E-state index contributed by atoms with van der Waals surface area (Å²) in [5, 5.41) is 6.54. The lowest BCUT2D eigenvalue weighted by atomic mass is 10.1. The van der Waals surface area contributed by atoms with Crippen LogP contribution in [0.2, 0.25) is 5.02 Å². The Morgan fingerprint density at radius 2 is 2.00 bits per heavy atom. The van der Waals surface area contributed by atoms with Crippen molar-refractivity contribution in [2.24, 2.45) is 0 Å². The van der Waals surface area contributed by atoms with Crippen LogP contribution < -0.4 is 5.32 Å². The van der Waals surface area contributed by atoms with E-state index in [1.807, 2.05) is 0 Å². The number of benzene rings is 2. The van der Waals surface area contributed by atoms with Crippen molar-refractivity contribution in [3.05, 3.63) is 53.2 Å². The Balaban J connectivity index is 2.00. The number of nitrogens with zero attached hydrogens (tertiary/aromatic N) is 2. The molecular formula is C17H14ClF2N3O3S. The number of hydrogen-bond acceptors (Lipinski definition) is 4. The molecule has 0 saturated carbocycles. The summed E-state index contributed by atoms with van der Waals surface area (Å²) in [6.07, 6.45) is 1.96. The van der Waals surface area contributed by atoms with Crippen LogP contribution in [0.3, 0.4) is 0 Å². The lowest BCUT2D eigenvalue weighted by molar-refractivity contribution is -0.115. The molecule has 0 spiro atoms. The number of hydrogen-bond donors (Lipinski definition) is 1. The van der Waals surface area contributed by atoms with Gasteiger partial charge in [0.1, 0.15) is 0 Å². The van der Waals surface area contributed by atoms with E-state index >= 15 is 0 Å². The van der Waals surface area contributed by atoms with Gasteiger partial charge in [0.15, 0.2) is 9.84 Å². The molecule has 0 bridgehead atoms. The summed E-state index contributed by atoms with van der Waals surface area (Å²) in [7, 11) is -3.74. The highest BCUT2D eigenvalue weighted by Crippen LogP contribution is 2.30. The van der Waals surface area contributed by atoms with Crippen LogP contribution in [0.5, 0.6) is 0 Å². The number of nitrogens with one attached hydrogen (secondary N) is 1. The maximum atomic E-state index is 13.1. The molecule has 0 aliphatic carbocycles. The number of anilines is 1. The number of amides is 1. The van der Waals surface area contributed by atoms with Gasteiger partial charge in [-0.1, -0.05) is 29.8 Å². The molecule has 0 saturated heterocycles. The molecule has 6 nitrogen and oxygen atoms in total. The zero-order valence-corrected chi connectivity index (χ0v) is 15.6. The van der Waals surface area contributed by atoms with Gasteiger partial charge in [-0.2, -0.15) is 13.9 Å². The highest BCUT2D eigenvalue weighted by molar-refractivity contribution is 7.91. The van der Waals surface area contributed by atoms with Gasteiger partial charge >= 0.3 is 6.55 Å². The summed E-state index contributed by atoms with van der Waals surface area (Å²) in [6.45, 7) is -2.95. The van der Waals surface area contributed by atoms with E-state index in [-0.39, 0.29) is 27.9 Å². The normalized spacial score (nSPS) is 11.9. The first-order valence-corrected chi connectivity index (χ1v) is 9.96. The minimum absolute atomic E-state index is 0.0555. The molecule has 0 unspecified atom stereocenters. The number of alkyl halides is 2. The van der Waals surface area contributed by atoms with Crippen molar-refractivity contribution in [2.45, 2.75) is 17.9 Å². The van der Waals surface area contributed by atoms with Gasteiger partial charge in [0, 0.05) is 22.4 Å². The Hall–Kier alpha value is -2.52. The van der Waals surface area contributed by atoms with E-state index in [1.165, 1.54) is 12.1 Å². The van der Waals surface area contributed by atoms with Crippen LogP contribution >= 0.6 is 11.6 Å². The summed E-state index contributed by atoms with van der Waals surface area (Å²) < 4.78 is 50.8. The highest BCUT2D eigenvalue weighted by Gasteiger charge is 2.20. The fraction of sp³-hybridized carbons (Fsp3) is 0.176. The molecule has 0 aliphatic rings. The van der Waals surface area contributed by atoms with Crippen LogP contribution in [-0.4, -0.2) is 30.4 Å². The molecule has 0 radical (unpaired) electrons. The Kier molecular flexibility index (Phi) is 5.16. The van der Waals surface area contributed by atoms with Crippen molar-refractivity contribution in [1.82, 2.24) is 9.78 Å². The molecule has 27 heavy (non-hydrogen) atoms. The van der Waals surface area contributed by atoms with Crippen LogP contribution in [-0.2, 0) is 21.1 Å². The first-order chi connectivity index (χ1) is 12.7. The smallest absolute Gasteiger partial charge is 0.326 e. The average Bonchev–Trinajstić information content (AvgIpc) is 2.99. The van der Waals surface area contributed by atoms with Crippen molar-refractivity contribution in [3.8, 4) is 0 Å². The molecule has 0 atom stereocenters. The van der Waals surface area contributed by atoms with Gasteiger partial charge in [0.2, 0.25) is 5.91 Å². The molecular weight excluding hydrogens is 400 g/mol. The van der Waals surface area contributed by atoms with Crippen molar-refractivity contribution < 1.29 is 22.0 Å². The molecule has 3 aromatic rings. The van der Waals surface area contributed by atoms with E-state index in [4.69, 9.17) is 11.6 Å². The van der Waals surface area contributed by atoms with E-state index in [2.05, 4.69) is 10.4 Å². The number of carbonyl (C=O) groups is 1. The topological polar surface area (TPSA) is 81.1 Å². The first-order valence-electron chi connectivity index (χ1n) is 7.69. The number of halogens is 3. The van der Waals surface area contributed by atoms with Crippen LogP contribution in [0.25, 0.3) is 10.9 Å². The van der Waals surface area contributed by atoms with Crippen LogP contribution in [0, 0.1) is 0 Å². The van der Waals surface area contributed by atoms with Gasteiger partial charge in [-0.05, 0) is 23.8 Å². The fourth-order valence-electron chi connectivity index (χ4n) is 2.67. The summed E-state index contributed by atoms with van der Waals surface area (Å²) >= 11 is 6.02. The molecule has 10 heteroatoms. The Morgan fingerprint density at radius 3 is 2.63 bits per heavy atom. The molecule has 1 heterocycles. The Bertz CT molecular complexity index is 1130. The number of fused-ring (bicyclic) bond motifs is 1. The van der Waals surface area contributed by atoms with Crippen LogP contribution in [0.15, 0.2) is 47.5 Å². The zero-order chi connectivity index (χ0) is 19.8. The lowest BCUT2D eigenvalue weighted by Crippen LogP contribution is -2.15. The third-order valence-corrected chi connectivity index (χ3v) is 5.36. The van der Waals surface area contributed by atoms with Crippen molar-refractivity contribution in [1.29, 1.82) is 0 Å². The molecule has 1 aromatic heterocycles. The highest BCUT2D eigenvalue weighted by atomic mass is 35.5. The van der Waals surface area contributed by atoms with E-state index in [1.54, 1.807) is 24.3 Å². The molecule has 142 valence electrons. The second-order valence-corrected chi connectivity index (χ2v) is 8.25. The Labute approximate surface area is 158 Å². The summed E-state index contributed by atoms with van der Waals surface area (Å²) in [4.78, 5) is 12.1. The third kappa shape index (κ3) is 4.09. The molecule has 1 N–H and O–H groups in total. The number of sulfone groups is 1. The monoisotopic (exact) mass is 413 g/mol. The maximum Gasteiger partial charge on any atom is 0.333 e. The van der Waals surface area contributed by atoms with E-state index in [0.717, 1.165) is 12.5 Å². The SMILES string of the molecule is CS(=O)(=O)c1cc(NC(=O)Cc2ccccc2Cl)cc2c1cnn2C(F)F. The van der Waals surface area contributed by atoms with Gasteiger partial charge in [-0.25, -0.2) is 13.1 Å². The quantitative estimate of drug-likeness (QED) is 0.692. The van der Waals surface area contributed by atoms with E-state index in [0.29, 0.717) is 15.3 Å². The maximum absolute atomic E-state index is 13.1. The number of rotatable bonds is 5. The van der Waals surface area contributed by atoms with E-state index < -0.39 is 22.3 Å². The average molecular weight is 414 g/mol. The minimum atomic E-state index is -3.74. The molecule has 2 aromatic carbocycles. The zero-order valence-electron chi connectivity index (χ0n) is 14.0. The van der Waals surface area contributed by atoms with Gasteiger partial charge in [0.25, 0.3) is 0 Å². The largest absolute Gasteiger partial charge is 0.333 e. The van der Waals surface area contributed by atoms with Gasteiger partial charge in [-0.3, -0.25) is 4.79 Å². The summed E-state index contributed by atoms with van der Waals surface area (Å²) in [5.74, 6) is -0.468. The summed E-state index contributed by atoms with van der Waals surface area (Å²) in [5.41, 5.74) is 0.557. The number of carbonyl (C=O) groups excluding carboxylic acids is 1. The predicted octanol–water partition coefficient (Wildman–Crippen LogP) is 3.67. The second-order valence-electron chi connectivity index (χ2n) is 5.86. The van der Waals surface area contributed by atoms with Crippen molar-refractivity contribution in [3.63, 3.8) is 0 Å².